The minimum atomic E-state index is -0.542. The van der Waals surface area contributed by atoms with Gasteiger partial charge in [-0.3, -0.25) is 4.98 Å². The molecule has 0 spiro atoms. The maximum atomic E-state index is 13.3. The van der Waals surface area contributed by atoms with Crippen LogP contribution in [0, 0.1) is 5.82 Å². The van der Waals surface area contributed by atoms with Gasteiger partial charge in [-0.2, -0.15) is 0 Å². The van der Waals surface area contributed by atoms with Crippen LogP contribution in [-0.4, -0.2) is 16.2 Å². The fourth-order valence-electron chi connectivity index (χ4n) is 1.94. The Morgan fingerprint density at radius 3 is 2.84 bits per heavy atom. The van der Waals surface area contributed by atoms with Gasteiger partial charge >= 0.3 is 0 Å². The monoisotopic (exact) mass is 279 g/mol. The Morgan fingerprint density at radius 2 is 2.11 bits per heavy atom. The van der Waals surface area contributed by atoms with Crippen LogP contribution >= 0.6 is 11.6 Å². The topological polar surface area (TPSA) is 33.1 Å². The third-order valence-electron chi connectivity index (χ3n) is 2.98. The van der Waals surface area contributed by atoms with E-state index in [0.717, 1.165) is 12.0 Å². The predicted molar refractivity (Wildman–Crippen MR) is 73.7 cm³/mol. The molecule has 0 saturated heterocycles. The van der Waals surface area contributed by atoms with Crippen LogP contribution in [0.1, 0.15) is 17.5 Å². The summed E-state index contributed by atoms with van der Waals surface area (Å²) in [7, 11) is 0. The second kappa shape index (κ2) is 6.64. The predicted octanol–water partition coefficient (Wildman–Crippen LogP) is 3.41. The quantitative estimate of drug-likeness (QED) is 0.910. The van der Waals surface area contributed by atoms with Crippen molar-refractivity contribution in [3.8, 4) is 0 Å². The zero-order valence-corrected chi connectivity index (χ0v) is 11.1. The van der Waals surface area contributed by atoms with Crippen molar-refractivity contribution in [2.45, 2.75) is 25.4 Å². The summed E-state index contributed by atoms with van der Waals surface area (Å²) in [5.41, 5.74) is 1.72. The number of hydrogen-bond donors (Lipinski definition) is 1. The fourth-order valence-corrected chi connectivity index (χ4v) is 2.14. The SMILES string of the molecule is OC(CCc1cccnc1)Cc1cccc(F)c1Cl. The molecule has 0 saturated carbocycles. The van der Waals surface area contributed by atoms with Crippen LogP contribution in [-0.2, 0) is 12.8 Å². The maximum absolute atomic E-state index is 13.3. The summed E-state index contributed by atoms with van der Waals surface area (Å²) < 4.78 is 13.3. The Labute approximate surface area is 116 Å². The van der Waals surface area contributed by atoms with E-state index >= 15 is 0 Å². The van der Waals surface area contributed by atoms with Crippen molar-refractivity contribution in [1.29, 1.82) is 0 Å². The second-order valence-corrected chi connectivity index (χ2v) is 4.85. The van der Waals surface area contributed by atoms with Gasteiger partial charge in [-0.05, 0) is 42.5 Å². The number of aliphatic hydroxyl groups is 1. The number of halogens is 2. The van der Waals surface area contributed by atoms with Crippen LogP contribution in [0.15, 0.2) is 42.7 Å². The Morgan fingerprint density at radius 1 is 1.26 bits per heavy atom. The highest BCUT2D eigenvalue weighted by Gasteiger charge is 2.11. The largest absolute Gasteiger partial charge is 0.393 e. The Kier molecular flexibility index (Phi) is 4.88. The van der Waals surface area contributed by atoms with Crippen molar-refractivity contribution >= 4 is 11.6 Å². The van der Waals surface area contributed by atoms with E-state index < -0.39 is 11.9 Å². The molecule has 0 fully saturated rings. The van der Waals surface area contributed by atoms with E-state index in [-0.39, 0.29) is 5.02 Å². The van der Waals surface area contributed by atoms with Crippen LogP contribution in [0.4, 0.5) is 4.39 Å². The van der Waals surface area contributed by atoms with Gasteiger partial charge in [0, 0.05) is 12.4 Å². The van der Waals surface area contributed by atoms with Crippen LogP contribution in [0.25, 0.3) is 0 Å². The number of pyridine rings is 1. The minimum Gasteiger partial charge on any atom is -0.393 e. The summed E-state index contributed by atoms with van der Waals surface area (Å²) in [4.78, 5) is 4.02. The van der Waals surface area contributed by atoms with Crippen LogP contribution in [0.2, 0.25) is 5.02 Å². The summed E-state index contributed by atoms with van der Waals surface area (Å²) in [6.07, 6.45) is 4.64. The van der Waals surface area contributed by atoms with Crippen LogP contribution < -0.4 is 0 Å². The van der Waals surface area contributed by atoms with Gasteiger partial charge in [-0.1, -0.05) is 29.8 Å². The number of aryl methyl sites for hydroxylation is 1. The van der Waals surface area contributed by atoms with Crippen molar-refractivity contribution in [1.82, 2.24) is 4.98 Å². The van der Waals surface area contributed by atoms with Gasteiger partial charge in [-0.15, -0.1) is 0 Å². The van der Waals surface area contributed by atoms with Crippen molar-refractivity contribution in [2.75, 3.05) is 0 Å². The minimum absolute atomic E-state index is 0.0999. The molecule has 1 atom stereocenters. The molecule has 0 aliphatic heterocycles. The fraction of sp³-hybridized carbons (Fsp3) is 0.267. The first-order chi connectivity index (χ1) is 9.16. The number of nitrogens with zero attached hydrogens (tertiary/aromatic N) is 1. The maximum Gasteiger partial charge on any atom is 0.142 e. The molecule has 0 bridgehead atoms. The Balaban J connectivity index is 1.91. The summed E-state index contributed by atoms with van der Waals surface area (Å²) >= 11 is 5.86. The van der Waals surface area contributed by atoms with Crippen molar-refractivity contribution in [2.24, 2.45) is 0 Å². The molecular formula is C15H15ClFNO. The average molecular weight is 280 g/mol. The summed E-state index contributed by atoms with van der Waals surface area (Å²) in [5, 5.41) is 10.1. The molecule has 1 aromatic heterocycles. The van der Waals surface area contributed by atoms with E-state index in [2.05, 4.69) is 4.98 Å². The van der Waals surface area contributed by atoms with Crippen molar-refractivity contribution in [3.05, 3.63) is 64.7 Å². The summed E-state index contributed by atoms with van der Waals surface area (Å²) in [6.45, 7) is 0. The lowest BCUT2D eigenvalue weighted by Gasteiger charge is -2.12. The van der Waals surface area contributed by atoms with E-state index in [4.69, 9.17) is 11.6 Å². The zero-order valence-electron chi connectivity index (χ0n) is 10.4. The average Bonchev–Trinajstić information content (AvgIpc) is 2.43. The Hall–Kier alpha value is -1.45. The lowest BCUT2D eigenvalue weighted by Crippen LogP contribution is -2.12. The molecule has 0 aliphatic carbocycles. The van der Waals surface area contributed by atoms with E-state index in [9.17, 15) is 9.50 Å². The van der Waals surface area contributed by atoms with Crippen LogP contribution in [0.3, 0.4) is 0 Å². The van der Waals surface area contributed by atoms with Crippen LogP contribution in [0.5, 0.6) is 0 Å². The van der Waals surface area contributed by atoms with Gasteiger partial charge in [0.2, 0.25) is 0 Å². The molecule has 2 aromatic rings. The number of hydrogen-bond acceptors (Lipinski definition) is 2. The highest BCUT2D eigenvalue weighted by molar-refractivity contribution is 6.31. The third-order valence-corrected chi connectivity index (χ3v) is 3.40. The molecule has 1 unspecified atom stereocenters. The lowest BCUT2D eigenvalue weighted by molar-refractivity contribution is 0.165. The molecule has 2 nitrogen and oxygen atoms in total. The molecular weight excluding hydrogens is 265 g/mol. The molecule has 1 aromatic carbocycles. The van der Waals surface area contributed by atoms with Gasteiger partial charge in [-0.25, -0.2) is 4.39 Å². The van der Waals surface area contributed by atoms with Gasteiger partial charge in [0.1, 0.15) is 5.82 Å². The smallest absolute Gasteiger partial charge is 0.142 e. The number of rotatable bonds is 5. The highest BCUT2D eigenvalue weighted by atomic mass is 35.5. The normalized spacial score (nSPS) is 12.4. The van der Waals surface area contributed by atoms with E-state index in [1.165, 1.54) is 6.07 Å². The molecule has 1 heterocycles. The molecule has 0 amide bonds. The first-order valence-corrected chi connectivity index (χ1v) is 6.54. The number of aromatic nitrogens is 1. The Bertz CT molecular complexity index is 533. The van der Waals surface area contributed by atoms with E-state index in [0.29, 0.717) is 18.4 Å². The molecule has 100 valence electrons. The van der Waals surface area contributed by atoms with E-state index in [1.54, 1.807) is 24.5 Å². The van der Waals surface area contributed by atoms with Gasteiger partial charge in [0.05, 0.1) is 11.1 Å². The molecule has 0 radical (unpaired) electrons. The molecule has 19 heavy (non-hydrogen) atoms. The molecule has 0 aliphatic rings. The first kappa shape index (κ1) is 14.0. The summed E-state index contributed by atoms with van der Waals surface area (Å²) in [5.74, 6) is -0.446. The van der Waals surface area contributed by atoms with Gasteiger partial charge < -0.3 is 5.11 Å². The first-order valence-electron chi connectivity index (χ1n) is 6.16. The van der Waals surface area contributed by atoms with Crippen molar-refractivity contribution in [3.63, 3.8) is 0 Å². The van der Waals surface area contributed by atoms with Gasteiger partial charge in [0.25, 0.3) is 0 Å². The third kappa shape index (κ3) is 4.01. The lowest BCUT2D eigenvalue weighted by atomic mass is 10.0. The highest BCUT2D eigenvalue weighted by Crippen LogP contribution is 2.21. The van der Waals surface area contributed by atoms with Crippen molar-refractivity contribution < 1.29 is 9.50 Å². The molecule has 2 rings (SSSR count). The molecule has 4 heteroatoms. The summed E-state index contributed by atoms with van der Waals surface area (Å²) in [6, 6.07) is 8.48. The number of benzene rings is 1. The van der Waals surface area contributed by atoms with Gasteiger partial charge in [0.15, 0.2) is 0 Å². The second-order valence-electron chi connectivity index (χ2n) is 4.47. The number of aliphatic hydroxyl groups excluding tert-OH is 1. The zero-order chi connectivity index (χ0) is 13.7. The van der Waals surface area contributed by atoms with E-state index in [1.807, 2.05) is 12.1 Å². The standard InChI is InChI=1S/C15H15ClFNO/c16-15-12(4-1-5-14(15)17)9-13(19)7-6-11-3-2-8-18-10-11/h1-5,8,10,13,19H,6-7,9H2. The molecule has 1 N–H and O–H groups in total.